The van der Waals surface area contributed by atoms with Crippen molar-refractivity contribution in [1.29, 1.82) is 0 Å². The van der Waals surface area contributed by atoms with Gasteiger partial charge in [-0.25, -0.2) is 13.2 Å². The predicted octanol–water partition coefficient (Wildman–Crippen LogP) is 2.52. The predicted molar refractivity (Wildman–Crippen MR) is 117 cm³/mol. The Morgan fingerprint density at radius 3 is 2.48 bits per heavy atom. The fraction of sp³-hybridized carbons (Fsp3) is 0.636. The normalized spacial score (nSPS) is 25.8. The molecule has 0 saturated carbocycles. The fourth-order valence-corrected chi connectivity index (χ4v) is 6.65. The molecule has 0 radical (unpaired) electrons. The highest BCUT2D eigenvalue weighted by Crippen LogP contribution is 2.28. The van der Waals surface area contributed by atoms with Gasteiger partial charge in [0.2, 0.25) is 15.9 Å². The Morgan fingerprint density at radius 1 is 1.10 bits per heavy atom. The topological polar surface area (TPSA) is 92.8 Å². The zero-order chi connectivity index (χ0) is 22.3. The maximum absolute atomic E-state index is 13.2. The molecule has 1 amide bonds. The quantitative estimate of drug-likeness (QED) is 0.715. The van der Waals surface area contributed by atoms with Crippen LogP contribution in [0.5, 0.6) is 0 Å². The van der Waals surface area contributed by atoms with Crippen LogP contribution in [0.4, 0.5) is 0 Å². The van der Waals surface area contributed by atoms with Gasteiger partial charge < -0.3 is 9.32 Å². The Morgan fingerprint density at radius 2 is 1.81 bits per heavy atom. The first-order valence-corrected chi connectivity index (χ1v) is 12.5. The Kier molecular flexibility index (Phi) is 6.00. The maximum atomic E-state index is 13.2. The second-order valence-corrected chi connectivity index (χ2v) is 11.4. The molecule has 0 bridgehead atoms. The van der Waals surface area contributed by atoms with Crippen LogP contribution in [0.1, 0.15) is 40.0 Å². The molecule has 0 aliphatic carbocycles. The zero-order valence-electron chi connectivity index (χ0n) is 18.4. The van der Waals surface area contributed by atoms with Gasteiger partial charge in [0.05, 0.1) is 10.4 Å². The van der Waals surface area contributed by atoms with E-state index in [1.165, 1.54) is 21.0 Å². The molecule has 2 aliphatic heterocycles. The van der Waals surface area contributed by atoms with E-state index < -0.39 is 15.8 Å². The third-order valence-corrected chi connectivity index (χ3v) is 8.24. The number of rotatable bonds is 4. The van der Waals surface area contributed by atoms with E-state index in [0.29, 0.717) is 49.4 Å². The Bertz CT molecular complexity index is 1130. The summed E-state index contributed by atoms with van der Waals surface area (Å²) in [5.74, 6) is 0.269. The number of hydrogen-bond donors (Lipinski definition) is 0. The summed E-state index contributed by atoms with van der Waals surface area (Å²) >= 11 is 0. The number of amides is 1. The lowest BCUT2D eigenvalue weighted by Crippen LogP contribution is -2.42. The summed E-state index contributed by atoms with van der Waals surface area (Å²) in [4.78, 5) is 27.1. The average molecular weight is 450 g/mol. The minimum Gasteiger partial charge on any atom is -0.408 e. The number of carbonyl (C=O) groups is 1. The molecular formula is C22H31N3O5S. The number of fused-ring (bicyclic) bond motifs is 1. The van der Waals surface area contributed by atoms with E-state index in [1.54, 1.807) is 11.0 Å². The lowest BCUT2D eigenvalue weighted by Gasteiger charge is -2.34. The monoisotopic (exact) mass is 449 g/mol. The van der Waals surface area contributed by atoms with Crippen LogP contribution < -0.4 is 5.76 Å². The third kappa shape index (κ3) is 4.43. The summed E-state index contributed by atoms with van der Waals surface area (Å²) in [7, 11) is -3.68. The van der Waals surface area contributed by atoms with Crippen LogP contribution in [0, 0.1) is 17.8 Å². The lowest BCUT2D eigenvalue weighted by atomic mass is 9.94. The molecule has 4 rings (SSSR count). The number of nitrogens with zero attached hydrogens (tertiary/aromatic N) is 3. The van der Waals surface area contributed by atoms with Crippen LogP contribution in [-0.4, -0.2) is 54.3 Å². The molecule has 8 nitrogen and oxygen atoms in total. The number of aromatic nitrogens is 1. The van der Waals surface area contributed by atoms with Crippen molar-refractivity contribution >= 4 is 27.0 Å². The minimum atomic E-state index is -3.68. The first-order chi connectivity index (χ1) is 14.6. The Hall–Kier alpha value is -2.13. The molecular weight excluding hydrogens is 418 g/mol. The molecule has 2 saturated heterocycles. The van der Waals surface area contributed by atoms with Crippen molar-refractivity contribution < 1.29 is 17.6 Å². The van der Waals surface area contributed by atoms with Crippen molar-refractivity contribution in [1.82, 2.24) is 13.8 Å². The van der Waals surface area contributed by atoms with E-state index in [1.807, 2.05) is 0 Å². The lowest BCUT2D eigenvalue weighted by molar-refractivity contribution is -0.133. The molecule has 1 aromatic heterocycles. The third-order valence-electron chi connectivity index (χ3n) is 6.42. The van der Waals surface area contributed by atoms with Crippen LogP contribution in [0.3, 0.4) is 0 Å². The standard InChI is InChI=1S/C22H31N3O5S/c1-15-5-4-8-23(11-15)21(26)14-25-19-7-6-18(10-20(19)30-22(25)27)31(28,29)24-12-16(2)9-17(3)13-24/h6-7,10,15-17H,4-5,8-9,11-14H2,1-3H3/t15-,16+,17+/m0/s1. The van der Waals surface area contributed by atoms with E-state index in [4.69, 9.17) is 4.42 Å². The Labute approximate surface area is 182 Å². The second kappa shape index (κ2) is 8.43. The van der Waals surface area contributed by atoms with Crippen molar-refractivity contribution in [2.24, 2.45) is 17.8 Å². The summed E-state index contributed by atoms with van der Waals surface area (Å²) < 4.78 is 34.5. The summed E-state index contributed by atoms with van der Waals surface area (Å²) in [6.45, 7) is 8.48. The van der Waals surface area contributed by atoms with Gasteiger partial charge in [0, 0.05) is 32.2 Å². The van der Waals surface area contributed by atoms with Gasteiger partial charge >= 0.3 is 5.76 Å². The molecule has 1 aromatic carbocycles. The van der Waals surface area contributed by atoms with Gasteiger partial charge in [-0.2, -0.15) is 4.31 Å². The first kappa shape index (κ1) is 22.1. The maximum Gasteiger partial charge on any atom is 0.420 e. The summed E-state index contributed by atoms with van der Waals surface area (Å²) in [5.41, 5.74) is 0.617. The van der Waals surface area contributed by atoms with Gasteiger partial charge in [-0.15, -0.1) is 0 Å². The van der Waals surface area contributed by atoms with Gasteiger partial charge in [-0.1, -0.05) is 20.8 Å². The van der Waals surface area contributed by atoms with Gasteiger partial charge in [0.25, 0.3) is 0 Å². The van der Waals surface area contributed by atoms with Crippen molar-refractivity contribution in [3.8, 4) is 0 Å². The summed E-state index contributed by atoms with van der Waals surface area (Å²) in [6, 6.07) is 4.47. The van der Waals surface area contributed by atoms with Crippen molar-refractivity contribution in [3.05, 3.63) is 28.7 Å². The highest BCUT2D eigenvalue weighted by atomic mass is 32.2. The SMILES string of the molecule is C[C@@H]1C[C@@H](C)CN(S(=O)(=O)c2ccc3c(c2)oc(=O)n3CC(=O)N2CCC[C@H](C)C2)C1. The molecule has 9 heteroatoms. The van der Waals surface area contributed by atoms with E-state index in [-0.39, 0.29) is 22.9 Å². The Balaban J connectivity index is 1.60. The summed E-state index contributed by atoms with van der Waals surface area (Å²) in [6.07, 6.45) is 3.07. The van der Waals surface area contributed by atoms with Gasteiger partial charge in [0.15, 0.2) is 5.58 Å². The highest BCUT2D eigenvalue weighted by molar-refractivity contribution is 7.89. The van der Waals surface area contributed by atoms with Crippen molar-refractivity contribution in [3.63, 3.8) is 0 Å². The molecule has 170 valence electrons. The van der Waals surface area contributed by atoms with E-state index >= 15 is 0 Å². The molecule has 0 N–H and O–H groups in total. The molecule has 0 unspecified atom stereocenters. The van der Waals surface area contributed by atoms with E-state index in [2.05, 4.69) is 20.8 Å². The number of oxazole rings is 1. The smallest absolute Gasteiger partial charge is 0.408 e. The van der Waals surface area contributed by atoms with Crippen molar-refractivity contribution in [2.45, 2.75) is 51.5 Å². The molecule has 2 aromatic rings. The minimum absolute atomic E-state index is 0.105. The van der Waals surface area contributed by atoms with Crippen LogP contribution in [0.15, 0.2) is 32.3 Å². The largest absolute Gasteiger partial charge is 0.420 e. The zero-order valence-corrected chi connectivity index (χ0v) is 19.2. The average Bonchev–Trinajstić information content (AvgIpc) is 3.01. The highest BCUT2D eigenvalue weighted by Gasteiger charge is 2.32. The second-order valence-electron chi connectivity index (χ2n) is 9.44. The molecule has 3 atom stereocenters. The number of hydrogen-bond acceptors (Lipinski definition) is 5. The van der Waals surface area contributed by atoms with Crippen LogP contribution >= 0.6 is 0 Å². The van der Waals surface area contributed by atoms with Crippen LogP contribution in [-0.2, 0) is 21.4 Å². The number of carbonyl (C=O) groups excluding carboxylic acids is 1. The van der Waals surface area contributed by atoms with E-state index in [0.717, 1.165) is 19.3 Å². The number of piperidine rings is 2. The van der Waals surface area contributed by atoms with Crippen LogP contribution in [0.2, 0.25) is 0 Å². The van der Waals surface area contributed by atoms with Gasteiger partial charge in [-0.3, -0.25) is 9.36 Å². The molecule has 2 fully saturated rings. The fourth-order valence-electron chi connectivity index (χ4n) is 4.96. The summed E-state index contributed by atoms with van der Waals surface area (Å²) in [5, 5.41) is 0. The number of benzene rings is 1. The van der Waals surface area contributed by atoms with Crippen molar-refractivity contribution in [2.75, 3.05) is 26.2 Å². The molecule has 0 spiro atoms. The molecule has 2 aliphatic rings. The van der Waals surface area contributed by atoms with E-state index in [9.17, 15) is 18.0 Å². The molecule has 3 heterocycles. The number of likely N-dealkylation sites (tertiary alicyclic amines) is 1. The van der Waals surface area contributed by atoms with Gasteiger partial charge in [0.1, 0.15) is 6.54 Å². The van der Waals surface area contributed by atoms with Crippen LogP contribution in [0.25, 0.3) is 11.1 Å². The number of sulfonamides is 1. The first-order valence-electron chi connectivity index (χ1n) is 11.1. The van der Waals surface area contributed by atoms with Gasteiger partial charge in [-0.05, 0) is 49.1 Å². The molecule has 31 heavy (non-hydrogen) atoms.